The maximum absolute atomic E-state index is 2.36. The molecular formula is C14H14. The van der Waals surface area contributed by atoms with E-state index < -0.39 is 0 Å². The second-order valence-electron chi connectivity index (χ2n) is 4.22. The van der Waals surface area contributed by atoms with Crippen molar-refractivity contribution < 1.29 is 0 Å². The molecule has 0 heterocycles. The van der Waals surface area contributed by atoms with Crippen molar-refractivity contribution in [3.8, 4) is 0 Å². The molecule has 0 N–H and O–H groups in total. The van der Waals surface area contributed by atoms with E-state index in [0.717, 1.165) is 11.8 Å². The molecule has 0 nitrogen and oxygen atoms in total. The molecule has 0 aromatic heterocycles. The van der Waals surface area contributed by atoms with Crippen LogP contribution in [-0.4, -0.2) is 0 Å². The molecule has 0 amide bonds. The van der Waals surface area contributed by atoms with Crippen molar-refractivity contribution in [2.24, 2.45) is 5.92 Å². The summed E-state index contributed by atoms with van der Waals surface area (Å²) in [5.41, 5.74) is 2.95. The topological polar surface area (TPSA) is 0 Å². The number of hydrogen-bond donors (Lipinski definition) is 0. The van der Waals surface area contributed by atoms with Gasteiger partial charge in [0.05, 0.1) is 0 Å². The zero-order valence-corrected chi connectivity index (χ0v) is 8.19. The lowest BCUT2D eigenvalue weighted by molar-refractivity contribution is 0.316. The Morgan fingerprint density at radius 2 is 1.93 bits per heavy atom. The lowest BCUT2D eigenvalue weighted by Gasteiger charge is -2.36. The normalized spacial score (nSPS) is 32.9. The van der Waals surface area contributed by atoms with Gasteiger partial charge in [-0.05, 0) is 35.8 Å². The summed E-state index contributed by atoms with van der Waals surface area (Å²) in [6.07, 6.45) is 11.7. The molecule has 0 bridgehead atoms. The molecule has 0 saturated heterocycles. The van der Waals surface area contributed by atoms with Crippen LogP contribution in [0.15, 0.2) is 42.5 Å². The maximum Gasteiger partial charge on any atom is -0.00927 e. The summed E-state index contributed by atoms with van der Waals surface area (Å²) in [6, 6.07) is 8.80. The third-order valence-electron chi connectivity index (χ3n) is 3.47. The predicted molar refractivity (Wildman–Crippen MR) is 60.1 cm³/mol. The molecule has 3 rings (SSSR count). The molecule has 2 aliphatic carbocycles. The molecule has 2 aliphatic rings. The van der Waals surface area contributed by atoms with Gasteiger partial charge in [0.25, 0.3) is 0 Å². The van der Waals surface area contributed by atoms with Gasteiger partial charge in [-0.15, -0.1) is 0 Å². The van der Waals surface area contributed by atoms with Crippen LogP contribution >= 0.6 is 0 Å². The van der Waals surface area contributed by atoms with Gasteiger partial charge in [-0.1, -0.05) is 48.6 Å². The highest BCUT2D eigenvalue weighted by molar-refractivity contribution is 5.57. The fourth-order valence-corrected chi connectivity index (χ4v) is 2.51. The third kappa shape index (κ3) is 1.14. The van der Waals surface area contributed by atoms with E-state index in [1.165, 1.54) is 18.4 Å². The van der Waals surface area contributed by atoms with E-state index in [-0.39, 0.29) is 0 Å². The van der Waals surface area contributed by atoms with Crippen LogP contribution in [0.2, 0.25) is 0 Å². The maximum atomic E-state index is 2.36. The molecule has 2 unspecified atom stereocenters. The minimum atomic E-state index is 0.785. The quantitative estimate of drug-likeness (QED) is 0.573. The van der Waals surface area contributed by atoms with E-state index in [4.69, 9.17) is 0 Å². The summed E-state index contributed by atoms with van der Waals surface area (Å²) in [4.78, 5) is 0. The van der Waals surface area contributed by atoms with Crippen molar-refractivity contribution in [3.63, 3.8) is 0 Å². The van der Waals surface area contributed by atoms with Crippen molar-refractivity contribution in [2.45, 2.75) is 18.8 Å². The lowest BCUT2D eigenvalue weighted by Crippen LogP contribution is -2.22. The van der Waals surface area contributed by atoms with E-state index in [9.17, 15) is 0 Å². The predicted octanol–water partition coefficient (Wildman–Crippen LogP) is 3.76. The van der Waals surface area contributed by atoms with Gasteiger partial charge in [0.2, 0.25) is 0 Å². The summed E-state index contributed by atoms with van der Waals surface area (Å²) in [5.74, 6) is 1.58. The fraction of sp³-hybridized carbons (Fsp3) is 0.286. The molecule has 0 radical (unpaired) electrons. The van der Waals surface area contributed by atoms with Crippen LogP contribution in [0.4, 0.5) is 0 Å². The van der Waals surface area contributed by atoms with Gasteiger partial charge in [-0.3, -0.25) is 0 Å². The van der Waals surface area contributed by atoms with Crippen LogP contribution in [0, 0.1) is 5.92 Å². The highest BCUT2D eigenvalue weighted by Crippen LogP contribution is 2.45. The van der Waals surface area contributed by atoms with Gasteiger partial charge < -0.3 is 0 Å². The van der Waals surface area contributed by atoms with Crippen LogP contribution in [0.5, 0.6) is 0 Å². The summed E-state index contributed by atoms with van der Waals surface area (Å²) in [7, 11) is 0. The first-order valence-electron chi connectivity index (χ1n) is 5.39. The molecule has 1 aromatic carbocycles. The molecule has 70 valence electrons. The molecule has 14 heavy (non-hydrogen) atoms. The zero-order chi connectivity index (χ0) is 9.38. The highest BCUT2D eigenvalue weighted by atomic mass is 14.3. The minimum absolute atomic E-state index is 0.785. The van der Waals surface area contributed by atoms with Gasteiger partial charge in [0.1, 0.15) is 0 Å². The van der Waals surface area contributed by atoms with E-state index in [1.807, 2.05) is 0 Å². The van der Waals surface area contributed by atoms with Gasteiger partial charge in [0.15, 0.2) is 0 Å². The Balaban J connectivity index is 2.12. The number of allylic oxidation sites excluding steroid dienone is 3. The van der Waals surface area contributed by atoms with E-state index in [1.54, 1.807) is 5.56 Å². The number of benzene rings is 1. The van der Waals surface area contributed by atoms with Crippen LogP contribution in [0.3, 0.4) is 0 Å². The summed E-state index contributed by atoms with van der Waals surface area (Å²) in [5, 5.41) is 0. The van der Waals surface area contributed by atoms with Gasteiger partial charge in [-0.25, -0.2) is 0 Å². The van der Waals surface area contributed by atoms with Crippen molar-refractivity contribution in [2.75, 3.05) is 0 Å². The monoisotopic (exact) mass is 182 g/mol. The van der Waals surface area contributed by atoms with Gasteiger partial charge in [0, 0.05) is 0 Å². The smallest absolute Gasteiger partial charge is 0.00927 e. The first-order valence-corrected chi connectivity index (χ1v) is 5.39. The highest BCUT2D eigenvalue weighted by Gasteiger charge is 2.31. The third-order valence-corrected chi connectivity index (χ3v) is 3.47. The number of fused-ring (bicyclic) bond motifs is 3. The molecule has 1 aromatic rings. The Kier molecular flexibility index (Phi) is 1.80. The Bertz CT molecular complexity index is 398. The zero-order valence-electron chi connectivity index (χ0n) is 8.19. The second-order valence-corrected chi connectivity index (χ2v) is 4.22. The van der Waals surface area contributed by atoms with E-state index in [2.05, 4.69) is 48.6 Å². The number of hydrogen-bond acceptors (Lipinski definition) is 0. The standard InChI is InChI=1S/C14H14/c1-2-7-12-9-10-14(12)13-8-4-3-6-11(13)5-1/h1-8,12,14H,9-10H2/b5-1-,7-2-. The van der Waals surface area contributed by atoms with Gasteiger partial charge >= 0.3 is 0 Å². The molecule has 0 aliphatic heterocycles. The van der Waals surface area contributed by atoms with Crippen LogP contribution in [0.1, 0.15) is 29.9 Å². The molecule has 0 heteroatoms. The van der Waals surface area contributed by atoms with E-state index in [0.29, 0.717) is 0 Å². The number of rotatable bonds is 0. The largest absolute Gasteiger partial charge is 0.0808 e. The second kappa shape index (κ2) is 3.13. The fourth-order valence-electron chi connectivity index (χ4n) is 2.51. The first-order chi connectivity index (χ1) is 6.95. The summed E-state index contributed by atoms with van der Waals surface area (Å²) < 4.78 is 0. The van der Waals surface area contributed by atoms with Crippen LogP contribution < -0.4 is 0 Å². The van der Waals surface area contributed by atoms with Crippen LogP contribution in [0.25, 0.3) is 6.08 Å². The Morgan fingerprint density at radius 3 is 2.79 bits per heavy atom. The lowest BCUT2D eigenvalue weighted by atomic mass is 9.68. The molecule has 1 saturated carbocycles. The summed E-state index contributed by atoms with van der Waals surface area (Å²) >= 11 is 0. The van der Waals surface area contributed by atoms with Gasteiger partial charge in [-0.2, -0.15) is 0 Å². The van der Waals surface area contributed by atoms with Crippen molar-refractivity contribution >= 4 is 6.08 Å². The molecule has 2 atom stereocenters. The molecule has 1 fully saturated rings. The Morgan fingerprint density at radius 1 is 1.00 bits per heavy atom. The average Bonchev–Trinajstić information content (AvgIpc) is 2.16. The Labute approximate surface area is 85.0 Å². The Hall–Kier alpha value is -1.30. The van der Waals surface area contributed by atoms with Crippen molar-refractivity contribution in [1.82, 2.24) is 0 Å². The minimum Gasteiger partial charge on any atom is -0.0808 e. The molecular weight excluding hydrogens is 168 g/mol. The van der Waals surface area contributed by atoms with E-state index >= 15 is 0 Å². The van der Waals surface area contributed by atoms with Crippen molar-refractivity contribution in [3.05, 3.63) is 53.6 Å². The van der Waals surface area contributed by atoms with Crippen LogP contribution in [-0.2, 0) is 0 Å². The first kappa shape index (κ1) is 8.05. The van der Waals surface area contributed by atoms with Crippen molar-refractivity contribution in [1.29, 1.82) is 0 Å². The summed E-state index contributed by atoms with van der Waals surface area (Å²) in [6.45, 7) is 0. The average molecular weight is 182 g/mol. The molecule has 0 spiro atoms. The SMILES string of the molecule is C1=C\c2ccccc2C2CCC2\C=C/1.